The average Bonchev–Trinajstić information content (AvgIpc) is 2.50. The van der Waals surface area contributed by atoms with Crippen LogP contribution in [0.1, 0.15) is 25.0 Å². The van der Waals surface area contributed by atoms with Crippen LogP contribution in [0.25, 0.3) is 0 Å². The molecule has 2 heterocycles. The van der Waals surface area contributed by atoms with Gasteiger partial charge in [0.1, 0.15) is 12.3 Å². The molecular formula is C12H18N4O. The van der Waals surface area contributed by atoms with E-state index in [1.54, 1.807) is 0 Å². The highest BCUT2D eigenvalue weighted by molar-refractivity contribution is 5.40. The summed E-state index contributed by atoms with van der Waals surface area (Å²) < 4.78 is 5.61. The first-order valence-corrected chi connectivity index (χ1v) is 6.27. The number of anilines is 1. The number of rotatable bonds is 2. The van der Waals surface area contributed by atoms with Gasteiger partial charge in [0.25, 0.3) is 0 Å². The number of hydrogen-bond donors (Lipinski definition) is 1. The third kappa shape index (κ3) is 2.07. The van der Waals surface area contributed by atoms with Crippen LogP contribution in [0.5, 0.6) is 5.88 Å². The molecule has 0 amide bonds. The Hall–Kier alpha value is -1.36. The highest BCUT2D eigenvalue weighted by Gasteiger charge is 2.24. The molecule has 5 nitrogen and oxygen atoms in total. The normalized spacial score (nSPS) is 19.8. The molecule has 5 heteroatoms. The topological polar surface area (TPSA) is 50.3 Å². The number of ether oxygens (including phenoxy) is 1. The van der Waals surface area contributed by atoms with E-state index in [1.165, 1.54) is 19.3 Å². The second kappa shape index (κ2) is 4.49. The highest BCUT2D eigenvalue weighted by Crippen LogP contribution is 2.28. The molecule has 17 heavy (non-hydrogen) atoms. The summed E-state index contributed by atoms with van der Waals surface area (Å²) in [6.07, 6.45) is 5.71. The van der Waals surface area contributed by atoms with Gasteiger partial charge in [0.05, 0.1) is 6.20 Å². The van der Waals surface area contributed by atoms with Crippen molar-refractivity contribution in [2.24, 2.45) is 0 Å². The molecule has 92 valence electrons. The van der Waals surface area contributed by atoms with E-state index in [1.807, 2.05) is 6.20 Å². The van der Waals surface area contributed by atoms with Gasteiger partial charge in [0, 0.05) is 26.2 Å². The molecule has 0 spiro atoms. The van der Waals surface area contributed by atoms with Gasteiger partial charge < -0.3 is 15.0 Å². The van der Waals surface area contributed by atoms with Crippen LogP contribution in [0.2, 0.25) is 0 Å². The van der Waals surface area contributed by atoms with E-state index in [9.17, 15) is 0 Å². The van der Waals surface area contributed by atoms with E-state index in [0.717, 1.165) is 24.6 Å². The van der Waals surface area contributed by atoms with Crippen molar-refractivity contribution in [1.29, 1.82) is 0 Å². The van der Waals surface area contributed by atoms with E-state index in [-0.39, 0.29) is 0 Å². The van der Waals surface area contributed by atoms with Crippen molar-refractivity contribution < 1.29 is 4.74 Å². The zero-order valence-corrected chi connectivity index (χ0v) is 10.1. The summed E-state index contributed by atoms with van der Waals surface area (Å²) in [4.78, 5) is 11.2. The third-order valence-corrected chi connectivity index (χ3v) is 3.59. The van der Waals surface area contributed by atoms with Crippen LogP contribution >= 0.6 is 0 Å². The summed E-state index contributed by atoms with van der Waals surface area (Å²) in [6, 6.07) is 0.631. The van der Waals surface area contributed by atoms with Crippen molar-refractivity contribution >= 4 is 5.82 Å². The maximum Gasteiger partial charge on any atom is 0.239 e. The van der Waals surface area contributed by atoms with E-state index >= 15 is 0 Å². The smallest absolute Gasteiger partial charge is 0.239 e. The molecule has 1 aliphatic carbocycles. The molecule has 1 aliphatic heterocycles. The zero-order valence-electron chi connectivity index (χ0n) is 10.1. The van der Waals surface area contributed by atoms with Crippen molar-refractivity contribution in [2.75, 3.05) is 25.1 Å². The summed E-state index contributed by atoms with van der Waals surface area (Å²) in [6.45, 7) is 2.26. The lowest BCUT2D eigenvalue weighted by Gasteiger charge is -2.35. The Morgan fingerprint density at radius 1 is 1.47 bits per heavy atom. The molecule has 1 fully saturated rings. The third-order valence-electron chi connectivity index (χ3n) is 3.59. The molecule has 0 radical (unpaired) electrons. The van der Waals surface area contributed by atoms with Crippen LogP contribution < -0.4 is 15.0 Å². The van der Waals surface area contributed by atoms with Crippen LogP contribution in [-0.4, -0.2) is 36.2 Å². The molecule has 0 bridgehead atoms. The minimum Gasteiger partial charge on any atom is -0.475 e. The Labute approximate surface area is 101 Å². The Kier molecular flexibility index (Phi) is 2.84. The molecule has 1 aromatic rings. The lowest BCUT2D eigenvalue weighted by molar-refractivity contribution is 0.312. The standard InChI is InChI=1S/C12H18N4O/c1-16(9-3-2-4-9)11-8-14-10-7-13-5-6-17-12(10)15-11/h8-9,13H,2-7H2,1H3. The fraction of sp³-hybridized carbons (Fsp3) is 0.667. The predicted octanol–water partition coefficient (Wildman–Crippen LogP) is 0.947. The summed E-state index contributed by atoms with van der Waals surface area (Å²) in [5, 5.41) is 3.26. The molecule has 1 N–H and O–H groups in total. The Morgan fingerprint density at radius 3 is 3.12 bits per heavy atom. The fourth-order valence-electron chi connectivity index (χ4n) is 2.18. The molecule has 0 unspecified atom stereocenters. The molecule has 0 saturated heterocycles. The maximum absolute atomic E-state index is 5.61. The van der Waals surface area contributed by atoms with Gasteiger partial charge in [0.15, 0.2) is 5.82 Å². The van der Waals surface area contributed by atoms with Crippen LogP contribution in [0.4, 0.5) is 5.82 Å². The summed E-state index contributed by atoms with van der Waals surface area (Å²) in [5.74, 6) is 1.62. The lowest BCUT2D eigenvalue weighted by atomic mass is 9.92. The maximum atomic E-state index is 5.61. The van der Waals surface area contributed by atoms with Crippen molar-refractivity contribution in [2.45, 2.75) is 31.8 Å². The Bertz CT molecular complexity index is 405. The van der Waals surface area contributed by atoms with E-state index in [2.05, 4.69) is 27.2 Å². The number of fused-ring (bicyclic) bond motifs is 1. The molecule has 0 aromatic carbocycles. The Balaban J connectivity index is 1.83. The van der Waals surface area contributed by atoms with E-state index in [4.69, 9.17) is 4.74 Å². The number of nitrogens with one attached hydrogen (secondary N) is 1. The molecule has 1 aromatic heterocycles. The van der Waals surface area contributed by atoms with Crippen LogP contribution in [0.15, 0.2) is 6.20 Å². The van der Waals surface area contributed by atoms with E-state index < -0.39 is 0 Å². The quantitative estimate of drug-likeness (QED) is 0.825. The van der Waals surface area contributed by atoms with Crippen molar-refractivity contribution in [3.63, 3.8) is 0 Å². The fourth-order valence-corrected chi connectivity index (χ4v) is 2.18. The molecule has 2 aliphatic rings. The predicted molar refractivity (Wildman–Crippen MR) is 65.3 cm³/mol. The summed E-state index contributed by atoms with van der Waals surface area (Å²) in [7, 11) is 2.09. The molecular weight excluding hydrogens is 216 g/mol. The molecule has 0 atom stereocenters. The van der Waals surface area contributed by atoms with Gasteiger partial charge in [-0.05, 0) is 19.3 Å². The van der Waals surface area contributed by atoms with Crippen LogP contribution in [0.3, 0.4) is 0 Å². The van der Waals surface area contributed by atoms with Gasteiger partial charge >= 0.3 is 0 Å². The van der Waals surface area contributed by atoms with Gasteiger partial charge in [-0.1, -0.05) is 0 Å². The zero-order chi connectivity index (χ0) is 11.7. The van der Waals surface area contributed by atoms with Crippen molar-refractivity contribution in [1.82, 2.24) is 15.3 Å². The van der Waals surface area contributed by atoms with Gasteiger partial charge in [-0.3, -0.25) is 4.98 Å². The monoisotopic (exact) mass is 234 g/mol. The first-order valence-electron chi connectivity index (χ1n) is 6.27. The number of aromatic nitrogens is 2. The largest absolute Gasteiger partial charge is 0.475 e. The first-order chi connectivity index (χ1) is 8.34. The summed E-state index contributed by atoms with van der Waals surface area (Å²) in [5.41, 5.74) is 0.910. The average molecular weight is 234 g/mol. The van der Waals surface area contributed by atoms with Crippen LogP contribution in [-0.2, 0) is 6.54 Å². The van der Waals surface area contributed by atoms with Gasteiger partial charge in [-0.2, -0.15) is 4.98 Å². The minimum atomic E-state index is 0.631. The number of hydrogen-bond acceptors (Lipinski definition) is 5. The van der Waals surface area contributed by atoms with Gasteiger partial charge in [-0.25, -0.2) is 0 Å². The minimum absolute atomic E-state index is 0.631. The number of nitrogens with zero attached hydrogens (tertiary/aromatic N) is 3. The second-order valence-corrected chi connectivity index (χ2v) is 4.70. The van der Waals surface area contributed by atoms with Crippen LogP contribution in [0, 0.1) is 0 Å². The molecule has 3 rings (SSSR count). The summed E-state index contributed by atoms with van der Waals surface area (Å²) >= 11 is 0. The highest BCUT2D eigenvalue weighted by atomic mass is 16.5. The van der Waals surface area contributed by atoms with Crippen molar-refractivity contribution in [3.05, 3.63) is 11.9 Å². The van der Waals surface area contributed by atoms with E-state index in [0.29, 0.717) is 18.5 Å². The molecule has 1 saturated carbocycles. The Morgan fingerprint density at radius 2 is 2.35 bits per heavy atom. The SMILES string of the molecule is CN(c1cnc2c(n1)OCCNC2)C1CCC1. The first kappa shape index (κ1) is 10.8. The van der Waals surface area contributed by atoms with Gasteiger partial charge in [0.2, 0.25) is 5.88 Å². The second-order valence-electron chi connectivity index (χ2n) is 4.70. The van der Waals surface area contributed by atoms with Crippen molar-refractivity contribution in [3.8, 4) is 5.88 Å². The lowest BCUT2D eigenvalue weighted by Crippen LogP contribution is -2.37. The van der Waals surface area contributed by atoms with Gasteiger partial charge in [-0.15, -0.1) is 0 Å².